The lowest BCUT2D eigenvalue weighted by Crippen LogP contribution is -1.87. The monoisotopic (exact) mass is 260 g/mol. The first kappa shape index (κ1) is 11.1. The number of benzene rings is 3. The average molecular weight is 260 g/mol. The standard InChI is InChI=1S/C17H12N2O/c18-14-10-15-16(13-9-5-4-8-12(13)14)20-17(19-15)11-6-2-1-3-7-11/h1-10H,18H2. The molecule has 3 aromatic carbocycles. The van der Waals surface area contributed by atoms with Gasteiger partial charge in [0.1, 0.15) is 5.52 Å². The Morgan fingerprint density at radius 1 is 0.850 bits per heavy atom. The third kappa shape index (κ3) is 1.57. The fraction of sp³-hybridized carbons (Fsp3) is 0. The minimum Gasteiger partial charge on any atom is -0.435 e. The second-order valence-corrected chi connectivity index (χ2v) is 4.74. The molecule has 0 aliphatic heterocycles. The van der Waals surface area contributed by atoms with Gasteiger partial charge in [-0.15, -0.1) is 0 Å². The Balaban J connectivity index is 2.07. The normalized spacial score (nSPS) is 11.2. The molecule has 4 aromatic rings. The van der Waals surface area contributed by atoms with Gasteiger partial charge in [0.25, 0.3) is 0 Å². The van der Waals surface area contributed by atoms with Crippen molar-refractivity contribution in [1.29, 1.82) is 0 Å². The van der Waals surface area contributed by atoms with Crippen molar-refractivity contribution in [2.45, 2.75) is 0 Å². The zero-order valence-corrected chi connectivity index (χ0v) is 10.7. The summed E-state index contributed by atoms with van der Waals surface area (Å²) in [6.45, 7) is 0. The number of fused-ring (bicyclic) bond motifs is 3. The van der Waals surface area contributed by atoms with E-state index in [0.29, 0.717) is 5.89 Å². The number of nitrogen functional groups attached to an aromatic ring is 1. The van der Waals surface area contributed by atoms with E-state index in [-0.39, 0.29) is 0 Å². The first-order chi connectivity index (χ1) is 9.83. The summed E-state index contributed by atoms with van der Waals surface area (Å²) in [6.07, 6.45) is 0. The van der Waals surface area contributed by atoms with Gasteiger partial charge in [-0.25, -0.2) is 4.98 Å². The molecule has 0 unspecified atom stereocenters. The van der Waals surface area contributed by atoms with Crippen LogP contribution >= 0.6 is 0 Å². The van der Waals surface area contributed by atoms with Gasteiger partial charge in [0.2, 0.25) is 5.89 Å². The summed E-state index contributed by atoms with van der Waals surface area (Å²) in [5.74, 6) is 0.622. The molecule has 3 heteroatoms. The second-order valence-electron chi connectivity index (χ2n) is 4.74. The molecule has 0 atom stereocenters. The summed E-state index contributed by atoms with van der Waals surface area (Å²) in [7, 11) is 0. The predicted octanol–water partition coefficient (Wildman–Crippen LogP) is 4.23. The summed E-state index contributed by atoms with van der Waals surface area (Å²) in [5.41, 5.74) is 9.35. The topological polar surface area (TPSA) is 52.0 Å². The highest BCUT2D eigenvalue weighted by Crippen LogP contribution is 2.33. The lowest BCUT2D eigenvalue weighted by Gasteiger charge is -2.01. The first-order valence-corrected chi connectivity index (χ1v) is 6.46. The number of hydrogen-bond acceptors (Lipinski definition) is 3. The molecule has 96 valence electrons. The largest absolute Gasteiger partial charge is 0.435 e. The van der Waals surface area contributed by atoms with Gasteiger partial charge in [0, 0.05) is 22.0 Å². The van der Waals surface area contributed by atoms with E-state index in [9.17, 15) is 0 Å². The molecule has 0 spiro atoms. The molecule has 2 N–H and O–H groups in total. The fourth-order valence-corrected chi connectivity index (χ4v) is 2.48. The maximum absolute atomic E-state index is 6.09. The van der Waals surface area contributed by atoms with E-state index in [1.165, 1.54) is 0 Å². The van der Waals surface area contributed by atoms with Crippen LogP contribution < -0.4 is 5.73 Å². The summed E-state index contributed by atoms with van der Waals surface area (Å²) in [6, 6.07) is 19.7. The number of anilines is 1. The summed E-state index contributed by atoms with van der Waals surface area (Å²) in [4.78, 5) is 4.55. The molecule has 0 amide bonds. The van der Waals surface area contributed by atoms with Crippen LogP contribution in [0.3, 0.4) is 0 Å². The smallest absolute Gasteiger partial charge is 0.227 e. The van der Waals surface area contributed by atoms with Crippen molar-refractivity contribution in [2.75, 3.05) is 5.73 Å². The molecule has 0 bridgehead atoms. The van der Waals surface area contributed by atoms with Crippen LogP contribution in [0.1, 0.15) is 0 Å². The van der Waals surface area contributed by atoms with Crippen LogP contribution in [0.15, 0.2) is 65.1 Å². The van der Waals surface area contributed by atoms with Gasteiger partial charge < -0.3 is 10.2 Å². The van der Waals surface area contributed by atoms with Gasteiger partial charge in [-0.1, -0.05) is 42.5 Å². The third-order valence-corrected chi connectivity index (χ3v) is 3.45. The Morgan fingerprint density at radius 2 is 1.55 bits per heavy atom. The zero-order valence-electron chi connectivity index (χ0n) is 10.7. The average Bonchev–Trinajstić information content (AvgIpc) is 2.93. The van der Waals surface area contributed by atoms with Gasteiger partial charge in [0.05, 0.1) is 0 Å². The molecule has 0 fully saturated rings. The Hall–Kier alpha value is -2.81. The number of rotatable bonds is 1. The molecule has 0 aliphatic rings. The number of oxazole rings is 1. The second kappa shape index (κ2) is 4.10. The number of aromatic nitrogens is 1. The van der Waals surface area contributed by atoms with Gasteiger partial charge in [-0.3, -0.25) is 0 Å². The lowest BCUT2D eigenvalue weighted by atomic mass is 10.1. The first-order valence-electron chi connectivity index (χ1n) is 6.46. The van der Waals surface area contributed by atoms with Crippen LogP contribution in [-0.2, 0) is 0 Å². The van der Waals surface area contributed by atoms with Gasteiger partial charge in [-0.2, -0.15) is 0 Å². The van der Waals surface area contributed by atoms with E-state index >= 15 is 0 Å². The van der Waals surface area contributed by atoms with Crippen LogP contribution in [0, 0.1) is 0 Å². The van der Waals surface area contributed by atoms with Crippen LogP contribution in [-0.4, -0.2) is 4.98 Å². The highest BCUT2D eigenvalue weighted by molar-refractivity contribution is 6.09. The van der Waals surface area contributed by atoms with Crippen LogP contribution in [0.5, 0.6) is 0 Å². The Bertz CT molecular complexity index is 910. The molecule has 4 rings (SSSR count). The minimum atomic E-state index is 0.622. The van der Waals surface area contributed by atoms with Crippen molar-refractivity contribution in [3.8, 4) is 11.5 Å². The van der Waals surface area contributed by atoms with E-state index in [1.54, 1.807) is 0 Å². The molecular weight excluding hydrogens is 248 g/mol. The van der Waals surface area contributed by atoms with E-state index in [0.717, 1.165) is 33.1 Å². The lowest BCUT2D eigenvalue weighted by molar-refractivity contribution is 0.623. The van der Waals surface area contributed by atoms with E-state index in [2.05, 4.69) is 4.98 Å². The summed E-state index contributed by atoms with van der Waals surface area (Å²) in [5, 5.41) is 1.99. The number of nitrogens with two attached hydrogens (primary N) is 1. The van der Waals surface area contributed by atoms with E-state index in [1.807, 2.05) is 60.7 Å². The minimum absolute atomic E-state index is 0.622. The maximum atomic E-state index is 6.09. The maximum Gasteiger partial charge on any atom is 0.227 e. The summed E-state index contributed by atoms with van der Waals surface area (Å²) < 4.78 is 5.96. The van der Waals surface area contributed by atoms with Crippen LogP contribution in [0.4, 0.5) is 5.69 Å². The molecule has 0 saturated heterocycles. The molecule has 3 nitrogen and oxygen atoms in total. The van der Waals surface area contributed by atoms with Gasteiger partial charge in [-0.05, 0) is 18.2 Å². The van der Waals surface area contributed by atoms with Crippen molar-refractivity contribution in [3.05, 3.63) is 60.7 Å². The Morgan fingerprint density at radius 3 is 2.35 bits per heavy atom. The molecule has 0 aliphatic carbocycles. The molecular formula is C17H12N2O. The van der Waals surface area contributed by atoms with Crippen molar-refractivity contribution >= 4 is 27.6 Å². The number of hydrogen-bond donors (Lipinski definition) is 1. The zero-order chi connectivity index (χ0) is 13.5. The van der Waals surface area contributed by atoms with Gasteiger partial charge in [0.15, 0.2) is 5.58 Å². The quantitative estimate of drug-likeness (QED) is 0.521. The van der Waals surface area contributed by atoms with E-state index in [4.69, 9.17) is 10.2 Å². The molecule has 20 heavy (non-hydrogen) atoms. The SMILES string of the molecule is Nc1cc2nc(-c3ccccc3)oc2c2ccccc12. The molecule has 0 saturated carbocycles. The molecule has 1 heterocycles. The van der Waals surface area contributed by atoms with Crippen LogP contribution in [0.2, 0.25) is 0 Å². The van der Waals surface area contributed by atoms with Crippen LogP contribution in [0.25, 0.3) is 33.3 Å². The highest BCUT2D eigenvalue weighted by atomic mass is 16.3. The predicted molar refractivity (Wildman–Crippen MR) is 81.4 cm³/mol. The number of nitrogens with zero attached hydrogens (tertiary/aromatic N) is 1. The fourth-order valence-electron chi connectivity index (χ4n) is 2.48. The Kier molecular flexibility index (Phi) is 2.27. The summed E-state index contributed by atoms with van der Waals surface area (Å²) >= 11 is 0. The van der Waals surface area contributed by atoms with Crippen molar-refractivity contribution in [1.82, 2.24) is 4.98 Å². The third-order valence-electron chi connectivity index (χ3n) is 3.45. The van der Waals surface area contributed by atoms with Gasteiger partial charge >= 0.3 is 0 Å². The van der Waals surface area contributed by atoms with Crippen molar-refractivity contribution in [2.24, 2.45) is 0 Å². The Labute approximate surface area is 115 Å². The van der Waals surface area contributed by atoms with Crippen molar-refractivity contribution in [3.63, 3.8) is 0 Å². The molecule has 0 radical (unpaired) electrons. The van der Waals surface area contributed by atoms with Crippen molar-refractivity contribution < 1.29 is 4.42 Å². The molecule has 1 aromatic heterocycles. The highest BCUT2D eigenvalue weighted by Gasteiger charge is 2.12. The van der Waals surface area contributed by atoms with E-state index < -0.39 is 0 Å².